The SMILES string of the molecule is CCOc1cccc(C(=O)NNC(=O)c2csc(C3CCN(C(=O)C(C)(C)Oc4ccccc4Cl)CC3)n2)c1. The summed E-state index contributed by atoms with van der Waals surface area (Å²) in [6.07, 6.45) is 1.44. The van der Waals surface area contributed by atoms with Crippen molar-refractivity contribution in [1.82, 2.24) is 20.7 Å². The van der Waals surface area contributed by atoms with Crippen LogP contribution >= 0.6 is 22.9 Å². The summed E-state index contributed by atoms with van der Waals surface area (Å²) in [6, 6.07) is 13.8. The summed E-state index contributed by atoms with van der Waals surface area (Å²) in [4.78, 5) is 44.5. The molecule has 0 bridgehead atoms. The number of thiazole rings is 1. The van der Waals surface area contributed by atoms with Crippen LogP contribution in [0, 0.1) is 0 Å². The number of nitrogens with one attached hydrogen (secondary N) is 2. The maximum atomic E-state index is 13.2. The molecule has 0 spiro atoms. The molecule has 0 aliphatic carbocycles. The van der Waals surface area contributed by atoms with Gasteiger partial charge in [0, 0.05) is 30.0 Å². The Morgan fingerprint density at radius 2 is 1.79 bits per heavy atom. The number of hydrazine groups is 1. The summed E-state index contributed by atoms with van der Waals surface area (Å²) in [6.45, 7) is 6.93. The highest BCUT2D eigenvalue weighted by Crippen LogP contribution is 2.33. The van der Waals surface area contributed by atoms with Crippen LogP contribution in [-0.4, -0.2) is 52.9 Å². The van der Waals surface area contributed by atoms with E-state index in [4.69, 9.17) is 21.1 Å². The van der Waals surface area contributed by atoms with Crippen molar-refractivity contribution in [2.24, 2.45) is 0 Å². The van der Waals surface area contributed by atoms with Gasteiger partial charge in [0.05, 0.1) is 16.6 Å². The fraction of sp³-hybridized carbons (Fsp3) is 0.357. The van der Waals surface area contributed by atoms with Crippen LogP contribution in [0.15, 0.2) is 53.9 Å². The lowest BCUT2D eigenvalue weighted by Gasteiger charge is -2.36. The molecule has 3 aromatic rings. The standard InChI is InChI=1S/C28H31ClN4O5S/c1-4-37-20-9-7-8-19(16-20)24(34)31-32-25(35)22-17-39-26(30-22)18-12-14-33(15-13-18)27(36)28(2,3)38-23-11-6-5-10-21(23)29/h5-11,16-18H,4,12-15H2,1-3H3,(H,31,34)(H,32,35). The second-order valence-electron chi connectivity index (χ2n) is 9.55. The first-order chi connectivity index (χ1) is 18.7. The van der Waals surface area contributed by atoms with E-state index in [1.807, 2.05) is 19.1 Å². The molecule has 0 unspecified atom stereocenters. The normalized spacial score (nSPS) is 14.0. The minimum Gasteiger partial charge on any atom is -0.494 e. The van der Waals surface area contributed by atoms with Gasteiger partial charge in [-0.1, -0.05) is 29.8 Å². The van der Waals surface area contributed by atoms with Crippen LogP contribution in [0.2, 0.25) is 5.02 Å². The van der Waals surface area contributed by atoms with E-state index in [9.17, 15) is 14.4 Å². The van der Waals surface area contributed by atoms with Crippen molar-refractivity contribution in [3.8, 4) is 11.5 Å². The van der Waals surface area contributed by atoms with Crippen LogP contribution in [0.1, 0.15) is 65.4 Å². The number of hydrogen-bond donors (Lipinski definition) is 2. The Hall–Kier alpha value is -3.63. The number of halogens is 1. The molecule has 2 aromatic carbocycles. The molecule has 4 rings (SSSR count). The summed E-state index contributed by atoms with van der Waals surface area (Å²) < 4.78 is 11.4. The Balaban J connectivity index is 1.28. The van der Waals surface area contributed by atoms with Crippen LogP contribution in [0.3, 0.4) is 0 Å². The second kappa shape index (κ2) is 12.5. The number of aromatic nitrogens is 1. The lowest BCUT2D eigenvalue weighted by atomic mass is 9.96. The van der Waals surface area contributed by atoms with E-state index in [1.54, 1.807) is 60.5 Å². The first-order valence-electron chi connectivity index (χ1n) is 12.7. The Labute approximate surface area is 236 Å². The second-order valence-corrected chi connectivity index (χ2v) is 10.8. The number of nitrogens with zero attached hydrogens (tertiary/aromatic N) is 2. The van der Waals surface area contributed by atoms with E-state index in [0.29, 0.717) is 41.8 Å². The van der Waals surface area contributed by atoms with Crippen LogP contribution in [0.4, 0.5) is 0 Å². The predicted molar refractivity (Wildman–Crippen MR) is 149 cm³/mol. The van der Waals surface area contributed by atoms with Gasteiger partial charge in [-0.05, 0) is 63.9 Å². The number of likely N-dealkylation sites (tertiary alicyclic amines) is 1. The molecule has 206 valence electrons. The number of benzene rings is 2. The third-order valence-corrected chi connectivity index (χ3v) is 7.62. The fourth-order valence-electron chi connectivity index (χ4n) is 4.28. The molecule has 1 saturated heterocycles. The molecular formula is C28H31ClN4O5S. The van der Waals surface area contributed by atoms with Crippen LogP contribution < -0.4 is 20.3 Å². The van der Waals surface area contributed by atoms with Gasteiger partial charge in [-0.15, -0.1) is 11.3 Å². The Morgan fingerprint density at radius 1 is 1.08 bits per heavy atom. The molecule has 1 aromatic heterocycles. The molecule has 0 radical (unpaired) electrons. The lowest BCUT2D eigenvalue weighted by Crippen LogP contribution is -2.51. The van der Waals surface area contributed by atoms with E-state index in [0.717, 1.165) is 17.8 Å². The van der Waals surface area contributed by atoms with Crippen molar-refractivity contribution in [2.75, 3.05) is 19.7 Å². The Kier molecular flexibility index (Phi) is 9.08. The number of para-hydroxylation sites is 1. The molecule has 1 aliphatic heterocycles. The molecule has 39 heavy (non-hydrogen) atoms. The van der Waals surface area contributed by atoms with Crippen molar-refractivity contribution >= 4 is 40.7 Å². The average molecular weight is 571 g/mol. The molecular weight excluding hydrogens is 540 g/mol. The maximum absolute atomic E-state index is 13.2. The topological polar surface area (TPSA) is 110 Å². The van der Waals surface area contributed by atoms with Gasteiger partial charge in [-0.25, -0.2) is 4.98 Å². The third kappa shape index (κ3) is 7.07. The van der Waals surface area contributed by atoms with Gasteiger partial charge in [0.1, 0.15) is 17.2 Å². The van der Waals surface area contributed by atoms with Gasteiger partial charge >= 0.3 is 0 Å². The molecule has 1 aliphatic rings. The van der Waals surface area contributed by atoms with E-state index in [1.165, 1.54) is 11.3 Å². The van der Waals surface area contributed by atoms with Gasteiger partial charge in [-0.2, -0.15) is 0 Å². The summed E-state index contributed by atoms with van der Waals surface area (Å²) in [5.74, 6) is 0.102. The molecule has 2 N–H and O–H groups in total. The highest BCUT2D eigenvalue weighted by molar-refractivity contribution is 7.09. The minimum atomic E-state index is -1.07. The zero-order valence-electron chi connectivity index (χ0n) is 22.0. The van der Waals surface area contributed by atoms with E-state index in [2.05, 4.69) is 15.8 Å². The van der Waals surface area contributed by atoms with Crippen LogP contribution in [0.5, 0.6) is 11.5 Å². The number of piperidine rings is 1. The van der Waals surface area contributed by atoms with Crippen molar-refractivity contribution in [2.45, 2.75) is 45.1 Å². The third-order valence-electron chi connectivity index (χ3n) is 6.30. The maximum Gasteiger partial charge on any atom is 0.289 e. The Bertz CT molecular complexity index is 1340. The number of carbonyl (C=O) groups is 3. The molecule has 3 amide bonds. The van der Waals surface area contributed by atoms with Gasteiger partial charge in [0.2, 0.25) is 0 Å². The molecule has 11 heteroatoms. The number of ether oxygens (including phenoxy) is 2. The number of carbonyl (C=O) groups excluding carboxylic acids is 3. The highest BCUT2D eigenvalue weighted by Gasteiger charge is 2.37. The average Bonchev–Trinajstić information content (AvgIpc) is 3.43. The summed E-state index contributed by atoms with van der Waals surface area (Å²) >= 11 is 7.60. The van der Waals surface area contributed by atoms with E-state index < -0.39 is 17.4 Å². The molecule has 2 heterocycles. The number of hydrogen-bond acceptors (Lipinski definition) is 7. The molecule has 0 atom stereocenters. The van der Waals surface area contributed by atoms with E-state index in [-0.39, 0.29) is 17.5 Å². The van der Waals surface area contributed by atoms with Gasteiger partial charge in [0.15, 0.2) is 5.60 Å². The predicted octanol–water partition coefficient (Wildman–Crippen LogP) is 4.83. The van der Waals surface area contributed by atoms with Gasteiger partial charge in [0.25, 0.3) is 17.7 Å². The quantitative estimate of drug-likeness (QED) is 0.375. The summed E-state index contributed by atoms with van der Waals surface area (Å²) in [5, 5.41) is 2.95. The molecule has 0 saturated carbocycles. The van der Waals surface area contributed by atoms with Crippen LogP contribution in [0.25, 0.3) is 0 Å². The first-order valence-corrected chi connectivity index (χ1v) is 14.0. The van der Waals surface area contributed by atoms with E-state index >= 15 is 0 Å². The van der Waals surface area contributed by atoms with Crippen molar-refractivity contribution in [3.63, 3.8) is 0 Å². The van der Waals surface area contributed by atoms with Crippen molar-refractivity contribution in [3.05, 3.63) is 75.2 Å². The zero-order chi connectivity index (χ0) is 28.0. The summed E-state index contributed by atoms with van der Waals surface area (Å²) in [7, 11) is 0. The van der Waals surface area contributed by atoms with Gasteiger partial charge in [-0.3, -0.25) is 25.2 Å². The lowest BCUT2D eigenvalue weighted by molar-refractivity contribution is -0.146. The number of rotatable bonds is 8. The monoisotopic (exact) mass is 570 g/mol. The zero-order valence-corrected chi connectivity index (χ0v) is 23.6. The van der Waals surface area contributed by atoms with Crippen LogP contribution in [-0.2, 0) is 4.79 Å². The van der Waals surface area contributed by atoms with Crippen molar-refractivity contribution in [1.29, 1.82) is 0 Å². The number of amides is 3. The highest BCUT2D eigenvalue weighted by atomic mass is 35.5. The molecule has 9 nitrogen and oxygen atoms in total. The van der Waals surface area contributed by atoms with Crippen molar-refractivity contribution < 1.29 is 23.9 Å². The fourth-order valence-corrected chi connectivity index (χ4v) is 5.42. The Morgan fingerprint density at radius 3 is 2.51 bits per heavy atom. The minimum absolute atomic E-state index is 0.109. The van der Waals surface area contributed by atoms with Gasteiger partial charge < -0.3 is 14.4 Å². The largest absolute Gasteiger partial charge is 0.494 e. The first kappa shape index (κ1) is 28.4. The molecule has 1 fully saturated rings. The smallest absolute Gasteiger partial charge is 0.289 e. The summed E-state index contributed by atoms with van der Waals surface area (Å²) in [5.41, 5.74) is 4.35.